The number of nitrogens with one attached hydrogen (secondary N) is 1. The zero-order valence-corrected chi connectivity index (χ0v) is 14.2. The van der Waals surface area contributed by atoms with Crippen LogP contribution < -0.4 is 5.32 Å². The van der Waals surface area contributed by atoms with Gasteiger partial charge in [-0.05, 0) is 31.4 Å². The van der Waals surface area contributed by atoms with Crippen LogP contribution in [0.2, 0.25) is 0 Å². The molecule has 0 saturated carbocycles. The Labute approximate surface area is 138 Å². The molecule has 0 spiro atoms. The van der Waals surface area contributed by atoms with Crippen molar-refractivity contribution in [2.24, 2.45) is 5.92 Å². The van der Waals surface area contributed by atoms with Crippen LogP contribution in [0.1, 0.15) is 55.7 Å². The Bertz CT molecular complexity index is 621. The van der Waals surface area contributed by atoms with Gasteiger partial charge in [-0.25, -0.2) is 0 Å². The zero-order chi connectivity index (χ0) is 16.7. The molecule has 0 aliphatic carbocycles. The number of hydrogen-bond acceptors (Lipinski definition) is 3. The molecule has 1 unspecified atom stereocenters. The van der Waals surface area contributed by atoms with Crippen LogP contribution in [0.4, 0.5) is 0 Å². The van der Waals surface area contributed by atoms with Gasteiger partial charge in [-0.3, -0.25) is 4.79 Å². The van der Waals surface area contributed by atoms with E-state index in [2.05, 4.69) is 29.4 Å². The number of benzene rings is 1. The highest BCUT2D eigenvalue weighted by atomic mass is 16.2. The lowest BCUT2D eigenvalue weighted by Gasteiger charge is -2.14. The SMILES string of the molecule is CCCCC(CC)CNC(=O)c1nn(-c2ccccc2)nc1C. The highest BCUT2D eigenvalue weighted by Gasteiger charge is 2.17. The second-order valence-electron chi connectivity index (χ2n) is 5.89. The fourth-order valence-electron chi connectivity index (χ4n) is 2.53. The molecule has 1 aromatic carbocycles. The summed E-state index contributed by atoms with van der Waals surface area (Å²) in [6.07, 6.45) is 4.63. The van der Waals surface area contributed by atoms with E-state index in [-0.39, 0.29) is 5.91 Å². The number of nitrogens with zero attached hydrogens (tertiary/aromatic N) is 3. The van der Waals surface area contributed by atoms with Crippen molar-refractivity contribution in [3.05, 3.63) is 41.7 Å². The van der Waals surface area contributed by atoms with Crippen molar-refractivity contribution in [3.63, 3.8) is 0 Å². The molecule has 0 aliphatic rings. The van der Waals surface area contributed by atoms with Crippen LogP contribution in [0, 0.1) is 12.8 Å². The maximum Gasteiger partial charge on any atom is 0.273 e. The zero-order valence-electron chi connectivity index (χ0n) is 14.2. The molecule has 5 heteroatoms. The summed E-state index contributed by atoms with van der Waals surface area (Å²) in [5.74, 6) is 0.392. The Morgan fingerprint density at radius 1 is 1.22 bits per heavy atom. The molecule has 0 saturated heterocycles. The molecule has 1 heterocycles. The van der Waals surface area contributed by atoms with Crippen molar-refractivity contribution in [1.82, 2.24) is 20.3 Å². The molecule has 0 radical (unpaired) electrons. The first-order valence-electron chi connectivity index (χ1n) is 8.43. The van der Waals surface area contributed by atoms with E-state index < -0.39 is 0 Å². The monoisotopic (exact) mass is 314 g/mol. The van der Waals surface area contributed by atoms with E-state index in [4.69, 9.17) is 0 Å². The van der Waals surface area contributed by atoms with Crippen molar-refractivity contribution in [2.45, 2.75) is 46.5 Å². The minimum Gasteiger partial charge on any atom is -0.350 e. The van der Waals surface area contributed by atoms with Gasteiger partial charge in [0.05, 0.1) is 11.4 Å². The van der Waals surface area contributed by atoms with Crippen LogP contribution in [-0.2, 0) is 0 Å². The van der Waals surface area contributed by atoms with E-state index in [1.54, 1.807) is 0 Å². The molecule has 1 atom stereocenters. The summed E-state index contributed by atoms with van der Waals surface area (Å²) in [6, 6.07) is 9.62. The third-order valence-electron chi connectivity index (χ3n) is 4.08. The van der Waals surface area contributed by atoms with Crippen molar-refractivity contribution in [1.29, 1.82) is 0 Å². The standard InChI is InChI=1S/C18H26N4O/c1-4-6-10-15(5-2)13-19-18(23)17-14(3)20-22(21-17)16-11-8-7-9-12-16/h7-9,11-12,15H,4-6,10,13H2,1-3H3,(H,19,23). The summed E-state index contributed by atoms with van der Waals surface area (Å²) in [5, 5.41) is 11.7. The Hall–Kier alpha value is -2.17. The second kappa shape index (κ2) is 8.46. The smallest absolute Gasteiger partial charge is 0.273 e. The molecule has 0 aliphatic heterocycles. The lowest BCUT2D eigenvalue weighted by Crippen LogP contribution is -2.30. The molecule has 0 bridgehead atoms. The third kappa shape index (κ3) is 4.65. The first-order valence-corrected chi connectivity index (χ1v) is 8.43. The van der Waals surface area contributed by atoms with Gasteiger partial charge in [0.1, 0.15) is 0 Å². The van der Waals surface area contributed by atoms with E-state index in [9.17, 15) is 4.79 Å². The van der Waals surface area contributed by atoms with Gasteiger partial charge in [-0.15, -0.1) is 5.10 Å². The van der Waals surface area contributed by atoms with Crippen LogP contribution in [0.5, 0.6) is 0 Å². The average Bonchev–Trinajstić information content (AvgIpc) is 2.97. The normalized spacial score (nSPS) is 12.1. The summed E-state index contributed by atoms with van der Waals surface area (Å²) in [4.78, 5) is 13.9. The Balaban J connectivity index is 2.01. The van der Waals surface area contributed by atoms with Gasteiger partial charge in [0.25, 0.3) is 5.91 Å². The molecule has 124 valence electrons. The van der Waals surface area contributed by atoms with Gasteiger partial charge in [0, 0.05) is 6.54 Å². The minimum atomic E-state index is -0.139. The van der Waals surface area contributed by atoms with E-state index in [1.165, 1.54) is 17.6 Å². The Kier molecular flexibility index (Phi) is 6.32. The van der Waals surface area contributed by atoms with Crippen molar-refractivity contribution in [3.8, 4) is 5.69 Å². The maximum atomic E-state index is 12.4. The summed E-state index contributed by atoms with van der Waals surface area (Å²) < 4.78 is 0. The second-order valence-corrected chi connectivity index (χ2v) is 5.89. The first-order chi connectivity index (χ1) is 11.2. The van der Waals surface area contributed by atoms with Crippen molar-refractivity contribution >= 4 is 5.91 Å². The Morgan fingerprint density at radius 2 is 1.96 bits per heavy atom. The summed E-state index contributed by atoms with van der Waals surface area (Å²) in [7, 11) is 0. The molecule has 1 N–H and O–H groups in total. The van der Waals surface area contributed by atoms with Crippen LogP contribution in [0.15, 0.2) is 30.3 Å². The number of hydrogen-bond donors (Lipinski definition) is 1. The number of para-hydroxylation sites is 1. The largest absolute Gasteiger partial charge is 0.350 e. The number of amides is 1. The molecule has 2 aromatic rings. The predicted octanol–water partition coefficient (Wildman–Crippen LogP) is 3.52. The first kappa shape index (κ1) is 17.2. The van der Waals surface area contributed by atoms with Crippen LogP contribution >= 0.6 is 0 Å². The number of unbranched alkanes of at least 4 members (excludes halogenated alkanes) is 1. The topological polar surface area (TPSA) is 59.8 Å². The number of carbonyl (C=O) groups excluding carboxylic acids is 1. The van der Waals surface area contributed by atoms with Gasteiger partial charge < -0.3 is 5.32 Å². The maximum absolute atomic E-state index is 12.4. The molecule has 1 amide bonds. The predicted molar refractivity (Wildman–Crippen MR) is 91.7 cm³/mol. The molecule has 2 rings (SSSR count). The van der Waals surface area contributed by atoms with E-state index in [1.807, 2.05) is 37.3 Å². The molecule has 1 aromatic heterocycles. The number of aromatic nitrogens is 3. The van der Waals surface area contributed by atoms with Crippen LogP contribution in [0.25, 0.3) is 5.69 Å². The van der Waals surface area contributed by atoms with E-state index >= 15 is 0 Å². The summed E-state index contributed by atoms with van der Waals surface area (Å²) in [5.41, 5.74) is 1.90. The fourth-order valence-corrected chi connectivity index (χ4v) is 2.53. The van der Waals surface area contributed by atoms with E-state index in [0.29, 0.717) is 23.9 Å². The molecule has 5 nitrogen and oxygen atoms in total. The third-order valence-corrected chi connectivity index (χ3v) is 4.08. The fraction of sp³-hybridized carbons (Fsp3) is 0.500. The number of rotatable bonds is 8. The Morgan fingerprint density at radius 3 is 2.61 bits per heavy atom. The lowest BCUT2D eigenvalue weighted by molar-refractivity contribution is 0.0940. The summed E-state index contributed by atoms with van der Waals surface area (Å²) >= 11 is 0. The number of aryl methyl sites for hydroxylation is 1. The molecule has 0 fully saturated rings. The average molecular weight is 314 g/mol. The van der Waals surface area contributed by atoms with Gasteiger partial charge in [-0.1, -0.05) is 51.3 Å². The van der Waals surface area contributed by atoms with Crippen LogP contribution in [-0.4, -0.2) is 27.4 Å². The molecule has 23 heavy (non-hydrogen) atoms. The number of carbonyl (C=O) groups is 1. The van der Waals surface area contributed by atoms with Gasteiger partial charge >= 0.3 is 0 Å². The lowest BCUT2D eigenvalue weighted by atomic mass is 9.99. The van der Waals surface area contributed by atoms with Crippen molar-refractivity contribution in [2.75, 3.05) is 6.54 Å². The highest BCUT2D eigenvalue weighted by Crippen LogP contribution is 2.12. The van der Waals surface area contributed by atoms with Gasteiger partial charge in [0.2, 0.25) is 0 Å². The van der Waals surface area contributed by atoms with Gasteiger partial charge in [0.15, 0.2) is 5.69 Å². The molecular weight excluding hydrogens is 288 g/mol. The van der Waals surface area contributed by atoms with Gasteiger partial charge in [-0.2, -0.15) is 9.90 Å². The van der Waals surface area contributed by atoms with Crippen LogP contribution in [0.3, 0.4) is 0 Å². The quantitative estimate of drug-likeness (QED) is 0.811. The minimum absolute atomic E-state index is 0.139. The van der Waals surface area contributed by atoms with Crippen molar-refractivity contribution < 1.29 is 4.79 Å². The summed E-state index contributed by atoms with van der Waals surface area (Å²) in [6.45, 7) is 6.88. The van der Waals surface area contributed by atoms with E-state index in [0.717, 1.165) is 18.5 Å². The molecular formula is C18H26N4O. The highest BCUT2D eigenvalue weighted by molar-refractivity contribution is 5.93.